The Bertz CT molecular complexity index is 149. The monoisotopic (exact) mass is 129 g/mol. The highest BCUT2D eigenvalue weighted by molar-refractivity contribution is 7.80. The molecule has 1 radical (unpaired) electrons. The van der Waals surface area contributed by atoms with Gasteiger partial charge >= 0.3 is 0 Å². The van der Waals surface area contributed by atoms with E-state index < -0.39 is 0 Å². The van der Waals surface area contributed by atoms with Crippen LogP contribution in [-0.4, -0.2) is 10.2 Å². The summed E-state index contributed by atoms with van der Waals surface area (Å²) in [6.07, 6.45) is 1.25. The molecule has 0 bridgehead atoms. The molecule has 0 amide bonds. The minimum atomic E-state index is -0.211. The van der Waals surface area contributed by atoms with Gasteiger partial charge < -0.3 is 4.42 Å². The van der Waals surface area contributed by atoms with Crippen molar-refractivity contribution >= 4 is 12.6 Å². The fourth-order valence-corrected chi connectivity index (χ4v) is 0.439. The molecule has 1 rings (SSSR count). The molecule has 0 N–H and O–H groups in total. The van der Waals surface area contributed by atoms with Gasteiger partial charge in [-0.3, -0.25) is 0 Å². The van der Waals surface area contributed by atoms with Crippen molar-refractivity contribution in [3.8, 4) is 0 Å². The molecule has 4 heteroatoms. The third kappa shape index (κ3) is 1.01. The quantitative estimate of drug-likeness (QED) is 0.572. The zero-order valence-corrected chi connectivity index (χ0v) is 5.01. The molecule has 8 heavy (non-hydrogen) atoms. The van der Waals surface area contributed by atoms with Gasteiger partial charge in [0.05, 0.1) is 5.25 Å². The average molecular weight is 129 g/mol. The lowest BCUT2D eigenvalue weighted by Gasteiger charge is -1.90. The maximum atomic E-state index is 4.73. The molecule has 0 spiro atoms. The summed E-state index contributed by atoms with van der Waals surface area (Å²) in [5.74, 6) is 0.452. The summed E-state index contributed by atoms with van der Waals surface area (Å²) in [5.41, 5.74) is 0. The highest BCUT2D eigenvalue weighted by Gasteiger charge is 2.02. The zero-order chi connectivity index (χ0) is 5.98. The van der Waals surface area contributed by atoms with Crippen LogP contribution in [0.5, 0.6) is 0 Å². The number of hydrogen-bond donors (Lipinski definition) is 1. The first-order valence-electron chi connectivity index (χ1n) is 2.08. The Balaban J connectivity index is 2.77. The van der Waals surface area contributed by atoms with Gasteiger partial charge in [-0.1, -0.05) is 0 Å². The highest BCUT2D eigenvalue weighted by Crippen LogP contribution is 2.13. The molecule has 0 aliphatic rings. The van der Waals surface area contributed by atoms with Gasteiger partial charge in [0, 0.05) is 0 Å². The predicted molar refractivity (Wildman–Crippen MR) is 31.4 cm³/mol. The van der Waals surface area contributed by atoms with Crippen molar-refractivity contribution in [1.29, 1.82) is 0 Å². The number of aromatic nitrogens is 2. The number of nitrogens with zero attached hydrogens (tertiary/aromatic N) is 2. The summed E-state index contributed by atoms with van der Waals surface area (Å²) in [7, 11) is 0. The molecule has 0 aromatic carbocycles. The van der Waals surface area contributed by atoms with Crippen LogP contribution in [0.3, 0.4) is 0 Å². The van der Waals surface area contributed by atoms with Crippen LogP contribution < -0.4 is 0 Å². The molecule has 0 saturated carbocycles. The lowest BCUT2D eigenvalue weighted by Crippen LogP contribution is -1.82. The van der Waals surface area contributed by atoms with E-state index in [1.54, 1.807) is 0 Å². The van der Waals surface area contributed by atoms with Crippen LogP contribution in [0.1, 0.15) is 11.1 Å². The molecule has 0 saturated heterocycles. The van der Waals surface area contributed by atoms with Crippen molar-refractivity contribution in [2.24, 2.45) is 0 Å². The highest BCUT2D eigenvalue weighted by atomic mass is 32.1. The standard InChI is InChI=1S/C4H5N2OS/c1-3(8)4-6-5-2-7-4/h2-3,8H,1H2. The Morgan fingerprint density at radius 2 is 2.62 bits per heavy atom. The van der Waals surface area contributed by atoms with E-state index >= 15 is 0 Å². The van der Waals surface area contributed by atoms with E-state index in [1.807, 2.05) is 0 Å². The van der Waals surface area contributed by atoms with Crippen molar-refractivity contribution in [3.63, 3.8) is 0 Å². The summed E-state index contributed by atoms with van der Waals surface area (Å²) in [6, 6.07) is 0. The van der Waals surface area contributed by atoms with Gasteiger partial charge in [-0.05, 0) is 6.92 Å². The average Bonchev–Trinajstić information content (AvgIpc) is 2.12. The van der Waals surface area contributed by atoms with E-state index in [0.29, 0.717) is 5.89 Å². The van der Waals surface area contributed by atoms with Crippen LogP contribution >= 0.6 is 12.6 Å². The van der Waals surface area contributed by atoms with Crippen molar-refractivity contribution in [1.82, 2.24) is 10.2 Å². The second-order valence-electron chi connectivity index (χ2n) is 1.29. The fourth-order valence-electron chi connectivity index (χ4n) is 0.327. The Morgan fingerprint density at radius 3 is 2.88 bits per heavy atom. The molecular formula is C4H5N2OS. The largest absolute Gasteiger partial charge is 0.427 e. The number of hydrogen-bond acceptors (Lipinski definition) is 4. The van der Waals surface area contributed by atoms with E-state index in [4.69, 9.17) is 4.42 Å². The Labute approximate surface area is 52.5 Å². The summed E-state index contributed by atoms with van der Waals surface area (Å²) in [4.78, 5) is 0. The molecule has 0 aliphatic carbocycles. The van der Waals surface area contributed by atoms with E-state index in [-0.39, 0.29) is 5.25 Å². The van der Waals surface area contributed by atoms with Gasteiger partial charge in [0.15, 0.2) is 0 Å². The molecule has 1 atom stereocenters. The molecule has 0 fully saturated rings. The maximum absolute atomic E-state index is 4.73. The summed E-state index contributed by atoms with van der Waals surface area (Å²) in [6.45, 7) is 3.55. The van der Waals surface area contributed by atoms with Crippen molar-refractivity contribution in [2.75, 3.05) is 0 Å². The van der Waals surface area contributed by atoms with Crippen LogP contribution in [0.15, 0.2) is 10.8 Å². The van der Waals surface area contributed by atoms with Crippen LogP contribution in [0, 0.1) is 6.92 Å². The predicted octanol–water partition coefficient (Wildman–Crippen LogP) is 0.875. The van der Waals surface area contributed by atoms with E-state index in [2.05, 4.69) is 29.7 Å². The first-order valence-corrected chi connectivity index (χ1v) is 2.59. The number of thiol groups is 1. The van der Waals surface area contributed by atoms with Gasteiger partial charge in [0.2, 0.25) is 12.3 Å². The molecule has 1 aromatic rings. The third-order valence-electron chi connectivity index (χ3n) is 0.662. The Kier molecular flexibility index (Phi) is 1.53. The minimum Gasteiger partial charge on any atom is -0.427 e. The molecule has 1 unspecified atom stereocenters. The fraction of sp³-hybridized carbons (Fsp3) is 0.250. The molecule has 3 nitrogen and oxygen atoms in total. The third-order valence-corrected chi connectivity index (χ3v) is 0.883. The first-order chi connectivity index (χ1) is 3.80. The van der Waals surface area contributed by atoms with E-state index in [0.717, 1.165) is 0 Å². The maximum Gasteiger partial charge on any atom is 0.228 e. The molecular weight excluding hydrogens is 124 g/mol. The summed E-state index contributed by atoms with van der Waals surface area (Å²) < 4.78 is 4.73. The Hall–Kier alpha value is -0.510. The van der Waals surface area contributed by atoms with E-state index in [1.165, 1.54) is 6.39 Å². The lowest BCUT2D eigenvalue weighted by molar-refractivity contribution is 0.504. The van der Waals surface area contributed by atoms with Gasteiger partial charge in [-0.2, -0.15) is 12.6 Å². The topological polar surface area (TPSA) is 38.9 Å². The molecule has 1 heterocycles. The first kappa shape index (κ1) is 5.62. The smallest absolute Gasteiger partial charge is 0.228 e. The van der Waals surface area contributed by atoms with Crippen LogP contribution in [0.25, 0.3) is 0 Å². The van der Waals surface area contributed by atoms with Gasteiger partial charge in [-0.25, -0.2) is 0 Å². The van der Waals surface area contributed by atoms with Gasteiger partial charge in [0.1, 0.15) is 0 Å². The normalized spacial score (nSPS) is 13.8. The second-order valence-corrected chi connectivity index (χ2v) is 1.92. The number of rotatable bonds is 1. The van der Waals surface area contributed by atoms with Crippen molar-refractivity contribution in [2.45, 2.75) is 5.25 Å². The summed E-state index contributed by atoms with van der Waals surface area (Å²) in [5, 5.41) is 6.79. The Morgan fingerprint density at radius 1 is 1.88 bits per heavy atom. The van der Waals surface area contributed by atoms with Crippen LogP contribution in [-0.2, 0) is 0 Å². The van der Waals surface area contributed by atoms with Crippen LogP contribution in [0.4, 0.5) is 0 Å². The van der Waals surface area contributed by atoms with Crippen LogP contribution in [0.2, 0.25) is 0 Å². The second kappa shape index (κ2) is 2.17. The van der Waals surface area contributed by atoms with E-state index in [9.17, 15) is 0 Å². The summed E-state index contributed by atoms with van der Waals surface area (Å²) >= 11 is 3.95. The SMILES string of the molecule is [CH2]C(S)c1nnco1. The molecule has 1 aromatic heterocycles. The molecule has 43 valence electrons. The van der Waals surface area contributed by atoms with Crippen molar-refractivity contribution in [3.05, 3.63) is 19.2 Å². The van der Waals surface area contributed by atoms with Gasteiger partial charge in [-0.15, -0.1) is 10.2 Å². The lowest BCUT2D eigenvalue weighted by atomic mass is 10.5. The zero-order valence-electron chi connectivity index (χ0n) is 4.11. The van der Waals surface area contributed by atoms with Crippen molar-refractivity contribution < 1.29 is 4.42 Å². The van der Waals surface area contributed by atoms with Gasteiger partial charge in [0.25, 0.3) is 0 Å². The minimum absolute atomic E-state index is 0.211. The molecule has 0 aliphatic heterocycles.